The van der Waals surface area contributed by atoms with E-state index in [1.165, 1.54) is 154 Å². The van der Waals surface area contributed by atoms with Crippen molar-refractivity contribution < 1.29 is 39.7 Å². The molecule has 9 nitrogen and oxygen atoms in total. The minimum Gasteiger partial charge on any atom is -0.394 e. The SMILES string of the molecule is CC1CC2=CCC(CCCCCCCCCCC3(N)COC3)(C2)C1.CCCCCCCCCCCCCCCC(O)CCOC1OC(CO)C(O)C(O)C1O. The summed E-state index contributed by atoms with van der Waals surface area (Å²) in [6.45, 7) is 5.96. The zero-order valence-corrected chi connectivity index (χ0v) is 35.5. The smallest absolute Gasteiger partial charge is 0.186 e. The lowest BCUT2D eigenvalue weighted by molar-refractivity contribution is -0.301. The van der Waals surface area contributed by atoms with E-state index < -0.39 is 43.4 Å². The highest BCUT2D eigenvalue weighted by Gasteiger charge is 2.44. The first kappa shape index (κ1) is 48.7. The number of nitrogens with two attached hydrogens (primary N) is 1. The van der Waals surface area contributed by atoms with E-state index in [1.807, 2.05) is 0 Å². The van der Waals surface area contributed by atoms with Crippen molar-refractivity contribution in [1.82, 2.24) is 0 Å². The second-order valence-corrected chi connectivity index (χ2v) is 18.5. The zero-order valence-electron chi connectivity index (χ0n) is 35.5. The second kappa shape index (κ2) is 28.0. The van der Waals surface area contributed by atoms with E-state index in [-0.39, 0.29) is 12.1 Å². The molecule has 7 N–H and O–H groups in total. The predicted octanol–water partition coefficient (Wildman–Crippen LogP) is 8.79. The first-order valence-electron chi connectivity index (χ1n) is 23.2. The molecule has 2 saturated heterocycles. The monoisotopic (exact) mass is 782 g/mol. The quantitative estimate of drug-likeness (QED) is 0.0310. The third kappa shape index (κ3) is 19.3. The molecule has 4 rings (SSSR count). The minimum absolute atomic E-state index is 0.0327. The Bertz CT molecular complexity index is 991. The molecule has 3 fully saturated rings. The van der Waals surface area contributed by atoms with E-state index >= 15 is 0 Å². The Morgan fingerprint density at radius 2 is 1.29 bits per heavy atom. The first-order valence-corrected chi connectivity index (χ1v) is 23.2. The van der Waals surface area contributed by atoms with Crippen molar-refractivity contribution in [3.05, 3.63) is 11.6 Å². The lowest BCUT2D eigenvalue weighted by Gasteiger charge is -2.39. The van der Waals surface area contributed by atoms with Gasteiger partial charge in [-0.25, -0.2) is 0 Å². The summed E-state index contributed by atoms with van der Waals surface area (Å²) in [7, 11) is 0. The third-order valence-electron chi connectivity index (χ3n) is 13.0. The van der Waals surface area contributed by atoms with Gasteiger partial charge in [-0.05, 0) is 62.7 Å². The molecule has 1 saturated carbocycles. The van der Waals surface area contributed by atoms with Gasteiger partial charge in [0.15, 0.2) is 6.29 Å². The molecule has 55 heavy (non-hydrogen) atoms. The summed E-state index contributed by atoms with van der Waals surface area (Å²) < 4.78 is 15.9. The molecule has 2 bridgehead atoms. The zero-order chi connectivity index (χ0) is 39.8. The van der Waals surface area contributed by atoms with Crippen LogP contribution in [0.1, 0.15) is 200 Å². The second-order valence-electron chi connectivity index (χ2n) is 18.5. The van der Waals surface area contributed by atoms with Gasteiger partial charge < -0.3 is 45.5 Å². The summed E-state index contributed by atoms with van der Waals surface area (Å²) in [6.07, 6.45) is 33.3. The molecule has 324 valence electrons. The maximum Gasteiger partial charge on any atom is 0.186 e. The lowest BCUT2D eigenvalue weighted by atomic mass is 9.69. The summed E-state index contributed by atoms with van der Waals surface area (Å²) in [5.41, 5.74) is 8.67. The fraction of sp³-hybridized carbons (Fsp3) is 0.957. The van der Waals surface area contributed by atoms with Gasteiger partial charge in [0.2, 0.25) is 0 Å². The number of unbranched alkanes of at least 4 members (excludes halogenated alkanes) is 19. The summed E-state index contributed by atoms with van der Waals surface area (Å²) in [5, 5.41) is 48.7. The fourth-order valence-corrected chi connectivity index (χ4v) is 9.46. The van der Waals surface area contributed by atoms with E-state index in [1.54, 1.807) is 5.57 Å². The number of hydrogen-bond acceptors (Lipinski definition) is 9. The van der Waals surface area contributed by atoms with Crippen LogP contribution in [0.25, 0.3) is 0 Å². The van der Waals surface area contributed by atoms with Crippen LogP contribution in [0.4, 0.5) is 0 Å². The van der Waals surface area contributed by atoms with E-state index in [0.29, 0.717) is 11.8 Å². The highest BCUT2D eigenvalue weighted by molar-refractivity contribution is 5.19. The molecule has 8 atom stereocenters. The molecule has 0 amide bonds. The maximum absolute atomic E-state index is 10.1. The summed E-state index contributed by atoms with van der Waals surface area (Å²) >= 11 is 0. The van der Waals surface area contributed by atoms with Crippen LogP contribution in [0.15, 0.2) is 11.6 Å². The molecule has 0 spiro atoms. The van der Waals surface area contributed by atoms with E-state index in [4.69, 9.17) is 19.9 Å². The number of aliphatic hydroxyl groups is 5. The van der Waals surface area contributed by atoms with Crippen molar-refractivity contribution in [3.8, 4) is 0 Å². The van der Waals surface area contributed by atoms with E-state index in [9.17, 15) is 25.5 Å². The van der Waals surface area contributed by atoms with Crippen LogP contribution < -0.4 is 5.73 Å². The molecule has 0 aromatic carbocycles. The topological polar surface area (TPSA) is 155 Å². The molecule has 9 heteroatoms. The van der Waals surface area contributed by atoms with E-state index in [0.717, 1.165) is 44.8 Å². The van der Waals surface area contributed by atoms with Crippen LogP contribution in [0.3, 0.4) is 0 Å². The van der Waals surface area contributed by atoms with Gasteiger partial charge >= 0.3 is 0 Å². The fourth-order valence-electron chi connectivity index (χ4n) is 9.46. The Kier molecular flexibility index (Phi) is 24.8. The van der Waals surface area contributed by atoms with Crippen LogP contribution in [0, 0.1) is 11.3 Å². The molecule has 8 unspecified atom stereocenters. The number of fused-ring (bicyclic) bond motifs is 2. The Labute approximate surface area is 336 Å². The Hall–Kier alpha value is -0.620. The molecular weight excluding hydrogens is 695 g/mol. The van der Waals surface area contributed by atoms with Crippen molar-refractivity contribution in [1.29, 1.82) is 0 Å². The number of hydrogen-bond donors (Lipinski definition) is 6. The molecule has 0 radical (unpaired) electrons. The van der Waals surface area contributed by atoms with Gasteiger partial charge in [-0.3, -0.25) is 0 Å². The summed E-state index contributed by atoms with van der Waals surface area (Å²) in [6, 6.07) is 0. The van der Waals surface area contributed by atoms with E-state index in [2.05, 4.69) is 19.9 Å². The highest BCUT2D eigenvalue weighted by atomic mass is 16.7. The van der Waals surface area contributed by atoms with Gasteiger partial charge in [0.25, 0.3) is 0 Å². The molecular formula is C46H87NO8. The van der Waals surface area contributed by atoms with Crippen LogP contribution in [-0.2, 0) is 14.2 Å². The normalized spacial score (nSPS) is 29.0. The van der Waals surface area contributed by atoms with Gasteiger partial charge in [0.05, 0.1) is 38.1 Å². The molecule has 0 aromatic rings. The first-order chi connectivity index (χ1) is 26.6. The molecule has 4 aliphatic rings. The van der Waals surface area contributed by atoms with Gasteiger partial charge in [-0.2, -0.15) is 0 Å². The number of ether oxygens (including phenoxy) is 3. The van der Waals surface area contributed by atoms with Gasteiger partial charge in [0.1, 0.15) is 24.4 Å². The van der Waals surface area contributed by atoms with Crippen molar-refractivity contribution in [2.45, 2.75) is 242 Å². The third-order valence-corrected chi connectivity index (χ3v) is 13.0. The summed E-state index contributed by atoms with van der Waals surface area (Å²) in [5.74, 6) is 0.937. The molecule has 2 aliphatic carbocycles. The van der Waals surface area contributed by atoms with Crippen LogP contribution in [0.2, 0.25) is 0 Å². The summed E-state index contributed by atoms with van der Waals surface area (Å²) in [4.78, 5) is 0. The Morgan fingerprint density at radius 3 is 1.84 bits per heavy atom. The largest absolute Gasteiger partial charge is 0.394 e. The molecule has 0 aromatic heterocycles. The minimum atomic E-state index is -1.44. The average Bonchev–Trinajstić information content (AvgIpc) is 3.47. The van der Waals surface area contributed by atoms with Crippen molar-refractivity contribution in [2.75, 3.05) is 26.4 Å². The Morgan fingerprint density at radius 1 is 0.745 bits per heavy atom. The van der Waals surface area contributed by atoms with Crippen LogP contribution >= 0.6 is 0 Å². The number of rotatable bonds is 30. The maximum atomic E-state index is 10.1. The van der Waals surface area contributed by atoms with Crippen molar-refractivity contribution in [2.24, 2.45) is 17.1 Å². The average molecular weight is 782 g/mol. The van der Waals surface area contributed by atoms with Gasteiger partial charge in [-0.15, -0.1) is 0 Å². The van der Waals surface area contributed by atoms with Gasteiger partial charge in [0, 0.05) is 0 Å². The molecule has 2 heterocycles. The standard InChI is InChI=1S/C24H48O7.C22H39NO/c1-2-3-4-5-6-7-8-9-10-11-12-13-14-15-19(26)16-17-30-24-23(29)22(28)21(27)20(18-25)31-24;1-19-14-20-10-13-21(15-19,16-20)11-8-6-4-2-3-5-7-9-12-22(23)17-24-18-22/h19-29H,2-18H2,1H3;10,19H,2-9,11-18,23H2,1H3. The van der Waals surface area contributed by atoms with Crippen molar-refractivity contribution in [3.63, 3.8) is 0 Å². The van der Waals surface area contributed by atoms with Crippen molar-refractivity contribution >= 4 is 0 Å². The Balaban J connectivity index is 0.000000304. The highest BCUT2D eigenvalue weighted by Crippen LogP contribution is 2.52. The lowest BCUT2D eigenvalue weighted by Crippen LogP contribution is -2.59. The predicted molar refractivity (Wildman–Crippen MR) is 223 cm³/mol. The van der Waals surface area contributed by atoms with Gasteiger partial charge in [-0.1, -0.05) is 160 Å². The van der Waals surface area contributed by atoms with Crippen LogP contribution in [0.5, 0.6) is 0 Å². The molecule has 2 aliphatic heterocycles. The van der Waals surface area contributed by atoms with Crippen LogP contribution in [-0.4, -0.2) is 94.3 Å². The number of allylic oxidation sites excluding steroid dienone is 2. The number of aliphatic hydroxyl groups excluding tert-OH is 5.